The number of halogens is 2. The van der Waals surface area contributed by atoms with Gasteiger partial charge in [0.15, 0.2) is 12.4 Å². The van der Waals surface area contributed by atoms with Crippen molar-refractivity contribution in [3.8, 4) is 5.75 Å². The van der Waals surface area contributed by atoms with E-state index in [1.54, 1.807) is 0 Å². The first kappa shape index (κ1) is 20.5. The van der Waals surface area contributed by atoms with E-state index in [4.69, 9.17) is 32.7 Å². The molecule has 142 valence electrons. The molecule has 0 aliphatic rings. The second kappa shape index (κ2) is 9.25. The van der Waals surface area contributed by atoms with Crippen molar-refractivity contribution >= 4 is 46.7 Å². The monoisotopic (exact) mass is 411 g/mol. The maximum atomic E-state index is 12.0. The number of hydrogen-bond donors (Lipinski definition) is 1. The number of anilines is 1. The Morgan fingerprint density at radius 1 is 0.926 bits per heavy atom. The first-order valence-electron chi connectivity index (χ1n) is 7.54. The lowest BCUT2D eigenvalue weighted by molar-refractivity contribution is -0.119. The summed E-state index contributed by atoms with van der Waals surface area (Å²) in [6, 6.07) is 8.70. The molecule has 0 unspecified atom stereocenters. The minimum absolute atomic E-state index is 0.0843. The Hall–Kier alpha value is -2.77. The quantitative estimate of drug-likeness (QED) is 0.730. The van der Waals surface area contributed by atoms with Gasteiger partial charge in [-0.05, 0) is 36.4 Å². The molecule has 0 aliphatic heterocycles. The molecular weight excluding hydrogens is 397 g/mol. The van der Waals surface area contributed by atoms with Crippen molar-refractivity contribution in [2.75, 3.05) is 26.1 Å². The van der Waals surface area contributed by atoms with Gasteiger partial charge in [-0.2, -0.15) is 0 Å². The highest BCUT2D eigenvalue weighted by Gasteiger charge is 2.16. The maximum Gasteiger partial charge on any atom is 0.338 e. The number of benzene rings is 2. The lowest BCUT2D eigenvalue weighted by atomic mass is 10.2. The Labute approximate surface area is 165 Å². The van der Waals surface area contributed by atoms with Crippen molar-refractivity contribution in [3.05, 3.63) is 57.6 Å². The Kier molecular flexibility index (Phi) is 7.04. The molecule has 0 heterocycles. The third-order valence-corrected chi connectivity index (χ3v) is 3.92. The molecule has 0 saturated heterocycles. The molecule has 1 amide bonds. The average molecular weight is 412 g/mol. The van der Waals surface area contributed by atoms with Gasteiger partial charge < -0.3 is 19.5 Å². The van der Waals surface area contributed by atoms with E-state index in [2.05, 4.69) is 10.1 Å². The third kappa shape index (κ3) is 5.35. The number of methoxy groups -OCH3 is 2. The van der Waals surface area contributed by atoms with Crippen LogP contribution in [0.25, 0.3) is 0 Å². The number of ether oxygens (including phenoxy) is 3. The van der Waals surface area contributed by atoms with Gasteiger partial charge >= 0.3 is 11.9 Å². The summed E-state index contributed by atoms with van der Waals surface area (Å²) in [6.07, 6.45) is 0. The zero-order chi connectivity index (χ0) is 20.0. The summed E-state index contributed by atoms with van der Waals surface area (Å²) < 4.78 is 14.5. The Morgan fingerprint density at radius 3 is 2.04 bits per heavy atom. The smallest absolute Gasteiger partial charge is 0.338 e. The molecule has 9 heteroatoms. The summed E-state index contributed by atoms with van der Waals surface area (Å²) in [5.74, 6) is -1.57. The van der Waals surface area contributed by atoms with Crippen LogP contribution in [0, 0.1) is 0 Å². The van der Waals surface area contributed by atoms with Crippen molar-refractivity contribution < 1.29 is 28.6 Å². The average Bonchev–Trinajstić information content (AvgIpc) is 2.65. The van der Waals surface area contributed by atoms with Crippen molar-refractivity contribution in [1.29, 1.82) is 0 Å². The molecule has 0 spiro atoms. The number of carbonyl (C=O) groups is 3. The molecular formula is C18H15Cl2NO6. The summed E-state index contributed by atoms with van der Waals surface area (Å²) >= 11 is 11.9. The highest BCUT2D eigenvalue weighted by atomic mass is 35.5. The van der Waals surface area contributed by atoms with Gasteiger partial charge in [0.05, 0.1) is 35.4 Å². The van der Waals surface area contributed by atoms with E-state index in [9.17, 15) is 14.4 Å². The van der Waals surface area contributed by atoms with Crippen LogP contribution in [0.1, 0.15) is 20.7 Å². The van der Waals surface area contributed by atoms with E-state index < -0.39 is 24.5 Å². The number of esters is 2. The van der Waals surface area contributed by atoms with E-state index in [-0.39, 0.29) is 21.4 Å². The largest absolute Gasteiger partial charge is 0.494 e. The van der Waals surface area contributed by atoms with E-state index in [1.165, 1.54) is 50.6 Å². The highest BCUT2D eigenvalue weighted by Crippen LogP contribution is 2.33. The Balaban J connectivity index is 1.93. The van der Waals surface area contributed by atoms with Crippen LogP contribution in [0.2, 0.25) is 10.0 Å². The second-order valence-electron chi connectivity index (χ2n) is 5.17. The van der Waals surface area contributed by atoms with E-state index in [0.29, 0.717) is 11.3 Å². The summed E-state index contributed by atoms with van der Waals surface area (Å²) in [7, 11) is 2.67. The number of hydrogen-bond acceptors (Lipinski definition) is 6. The molecule has 0 aliphatic carbocycles. The summed E-state index contributed by atoms with van der Waals surface area (Å²) in [6.45, 7) is -0.515. The van der Waals surface area contributed by atoms with E-state index in [0.717, 1.165) is 0 Å². The molecule has 0 fully saturated rings. The minimum atomic E-state index is -0.766. The van der Waals surface area contributed by atoms with Crippen LogP contribution >= 0.6 is 23.2 Å². The predicted molar refractivity (Wildman–Crippen MR) is 99.7 cm³/mol. The van der Waals surface area contributed by atoms with E-state index in [1.807, 2.05) is 0 Å². The zero-order valence-corrected chi connectivity index (χ0v) is 15.9. The number of amides is 1. The van der Waals surface area contributed by atoms with Crippen LogP contribution in [0.15, 0.2) is 36.4 Å². The van der Waals surface area contributed by atoms with Crippen LogP contribution in [0.5, 0.6) is 5.75 Å². The van der Waals surface area contributed by atoms with Gasteiger partial charge in [0, 0.05) is 5.69 Å². The van der Waals surface area contributed by atoms with Gasteiger partial charge in [-0.1, -0.05) is 23.2 Å². The molecule has 2 rings (SSSR count). The van der Waals surface area contributed by atoms with Gasteiger partial charge in [-0.15, -0.1) is 0 Å². The van der Waals surface area contributed by atoms with Crippen molar-refractivity contribution in [2.24, 2.45) is 0 Å². The number of rotatable bonds is 6. The maximum absolute atomic E-state index is 12.0. The Bertz CT molecular complexity index is 844. The SMILES string of the molecule is COC(=O)c1ccc(NC(=O)COC(=O)c2cc(Cl)c(OC)c(Cl)c2)cc1. The summed E-state index contributed by atoms with van der Waals surface area (Å²) in [5.41, 5.74) is 0.857. The fourth-order valence-electron chi connectivity index (χ4n) is 2.09. The fraction of sp³-hybridized carbons (Fsp3) is 0.167. The van der Waals surface area contributed by atoms with Crippen LogP contribution in [0.4, 0.5) is 5.69 Å². The van der Waals surface area contributed by atoms with Crippen molar-refractivity contribution in [2.45, 2.75) is 0 Å². The van der Waals surface area contributed by atoms with Gasteiger partial charge in [0.25, 0.3) is 5.91 Å². The summed E-state index contributed by atoms with van der Waals surface area (Å²) in [5, 5.41) is 2.82. The predicted octanol–water partition coefficient (Wildman–Crippen LogP) is 3.58. The van der Waals surface area contributed by atoms with Crippen molar-refractivity contribution in [3.63, 3.8) is 0 Å². The molecule has 27 heavy (non-hydrogen) atoms. The van der Waals surface area contributed by atoms with Crippen LogP contribution in [-0.2, 0) is 14.3 Å². The molecule has 1 N–H and O–H groups in total. The second-order valence-corrected chi connectivity index (χ2v) is 5.98. The van der Waals surface area contributed by atoms with E-state index >= 15 is 0 Å². The third-order valence-electron chi connectivity index (χ3n) is 3.36. The minimum Gasteiger partial charge on any atom is -0.494 e. The standard InChI is InChI=1S/C18H15Cl2NO6/c1-25-16-13(19)7-11(8-14(16)20)18(24)27-9-15(22)21-12-5-3-10(4-6-12)17(23)26-2/h3-8H,9H2,1-2H3,(H,21,22). The van der Waals surface area contributed by atoms with Gasteiger partial charge in [-0.3, -0.25) is 4.79 Å². The zero-order valence-electron chi connectivity index (χ0n) is 14.4. The first-order chi connectivity index (χ1) is 12.8. The lowest BCUT2D eigenvalue weighted by Gasteiger charge is -2.09. The topological polar surface area (TPSA) is 90.9 Å². The van der Waals surface area contributed by atoms with Crippen LogP contribution in [-0.4, -0.2) is 38.7 Å². The fourth-order valence-corrected chi connectivity index (χ4v) is 2.73. The molecule has 0 radical (unpaired) electrons. The molecule has 0 aromatic heterocycles. The molecule has 0 bridgehead atoms. The molecule has 0 atom stereocenters. The summed E-state index contributed by atoms with van der Waals surface area (Å²) in [4.78, 5) is 35.3. The van der Waals surface area contributed by atoms with Gasteiger partial charge in [0.1, 0.15) is 0 Å². The van der Waals surface area contributed by atoms with Crippen LogP contribution in [0.3, 0.4) is 0 Å². The van der Waals surface area contributed by atoms with Gasteiger partial charge in [0.2, 0.25) is 0 Å². The lowest BCUT2D eigenvalue weighted by Crippen LogP contribution is -2.21. The number of carbonyl (C=O) groups excluding carboxylic acids is 3. The molecule has 7 nitrogen and oxygen atoms in total. The van der Waals surface area contributed by atoms with Gasteiger partial charge in [-0.25, -0.2) is 9.59 Å². The normalized spacial score (nSPS) is 10.1. The van der Waals surface area contributed by atoms with Crippen LogP contribution < -0.4 is 10.1 Å². The molecule has 0 saturated carbocycles. The first-order valence-corrected chi connectivity index (χ1v) is 8.29. The van der Waals surface area contributed by atoms with Crippen molar-refractivity contribution in [1.82, 2.24) is 0 Å². The molecule has 2 aromatic rings. The highest BCUT2D eigenvalue weighted by molar-refractivity contribution is 6.37. The molecule has 2 aromatic carbocycles. The Morgan fingerprint density at radius 2 is 1.52 bits per heavy atom. The number of nitrogens with one attached hydrogen (secondary N) is 1.